The Morgan fingerprint density at radius 3 is 3.00 bits per heavy atom. The van der Waals surface area contributed by atoms with Crippen LogP contribution in [0.1, 0.15) is 19.9 Å². The molecule has 1 unspecified atom stereocenters. The van der Waals surface area contributed by atoms with Gasteiger partial charge in [0.05, 0.1) is 10.5 Å². The number of benzene rings is 1. The van der Waals surface area contributed by atoms with Gasteiger partial charge in [0.15, 0.2) is 0 Å². The first-order valence-electron chi connectivity index (χ1n) is 5.64. The third-order valence-corrected chi connectivity index (χ3v) is 4.13. The van der Waals surface area contributed by atoms with Crippen LogP contribution in [0.15, 0.2) is 18.2 Å². The number of para-hydroxylation sites is 1. The van der Waals surface area contributed by atoms with Crippen LogP contribution in [0.2, 0.25) is 5.02 Å². The van der Waals surface area contributed by atoms with Gasteiger partial charge in [0.1, 0.15) is 5.52 Å². The Morgan fingerprint density at radius 2 is 2.29 bits per heavy atom. The SMILES string of the molecule is CCSCC(C)n1c(N)nc2c(Cl)cccc21. The Balaban J connectivity index is 2.46. The number of anilines is 1. The van der Waals surface area contributed by atoms with E-state index < -0.39 is 0 Å². The van der Waals surface area contributed by atoms with Gasteiger partial charge in [-0.25, -0.2) is 4.98 Å². The van der Waals surface area contributed by atoms with E-state index in [-0.39, 0.29) is 0 Å². The zero-order valence-corrected chi connectivity index (χ0v) is 11.6. The Hall–Kier alpha value is -0.870. The molecule has 0 saturated heterocycles. The highest BCUT2D eigenvalue weighted by molar-refractivity contribution is 7.99. The molecule has 1 heterocycles. The molecule has 0 amide bonds. The molecule has 2 N–H and O–H groups in total. The molecule has 0 fully saturated rings. The topological polar surface area (TPSA) is 43.8 Å². The number of imidazole rings is 1. The van der Waals surface area contributed by atoms with E-state index in [2.05, 4.69) is 23.4 Å². The van der Waals surface area contributed by atoms with E-state index in [1.165, 1.54) is 0 Å². The molecule has 1 aromatic carbocycles. The van der Waals surface area contributed by atoms with Crippen molar-refractivity contribution in [2.24, 2.45) is 0 Å². The summed E-state index contributed by atoms with van der Waals surface area (Å²) in [6.45, 7) is 4.31. The normalized spacial score (nSPS) is 13.1. The van der Waals surface area contributed by atoms with E-state index in [9.17, 15) is 0 Å². The molecule has 0 saturated carbocycles. The molecule has 0 aliphatic carbocycles. The molecule has 92 valence electrons. The fraction of sp³-hybridized carbons (Fsp3) is 0.417. The van der Waals surface area contributed by atoms with Gasteiger partial charge in [-0.15, -0.1) is 0 Å². The van der Waals surface area contributed by atoms with Crippen LogP contribution in [0.4, 0.5) is 5.95 Å². The van der Waals surface area contributed by atoms with Crippen molar-refractivity contribution in [2.45, 2.75) is 19.9 Å². The predicted molar refractivity (Wildman–Crippen MR) is 76.9 cm³/mol. The quantitative estimate of drug-likeness (QED) is 0.923. The summed E-state index contributed by atoms with van der Waals surface area (Å²) in [4.78, 5) is 4.34. The number of hydrogen-bond acceptors (Lipinski definition) is 3. The summed E-state index contributed by atoms with van der Waals surface area (Å²) in [5, 5.41) is 0.656. The maximum absolute atomic E-state index is 6.11. The number of nitrogens with two attached hydrogens (primary N) is 1. The van der Waals surface area contributed by atoms with Crippen molar-refractivity contribution in [3.63, 3.8) is 0 Å². The molecule has 2 aromatic rings. The average molecular weight is 270 g/mol. The molecule has 0 aliphatic heterocycles. The van der Waals surface area contributed by atoms with Crippen LogP contribution in [-0.2, 0) is 0 Å². The minimum absolute atomic E-state index is 0.323. The lowest BCUT2D eigenvalue weighted by Crippen LogP contribution is -2.11. The number of thioether (sulfide) groups is 1. The van der Waals surface area contributed by atoms with Crippen LogP contribution in [-0.4, -0.2) is 21.1 Å². The van der Waals surface area contributed by atoms with Gasteiger partial charge in [0.2, 0.25) is 5.95 Å². The Morgan fingerprint density at radius 1 is 1.53 bits per heavy atom. The minimum Gasteiger partial charge on any atom is -0.369 e. The summed E-state index contributed by atoms with van der Waals surface area (Å²) in [7, 11) is 0. The molecule has 17 heavy (non-hydrogen) atoms. The summed E-state index contributed by atoms with van der Waals surface area (Å²) in [5.41, 5.74) is 7.78. The standard InChI is InChI=1S/C12H16ClN3S/c1-3-17-7-8(2)16-10-6-4-5-9(13)11(10)15-12(16)14/h4-6,8H,3,7H2,1-2H3,(H2,14,15). The van der Waals surface area contributed by atoms with E-state index in [0.29, 0.717) is 17.0 Å². The first kappa shape index (κ1) is 12.6. The van der Waals surface area contributed by atoms with E-state index in [0.717, 1.165) is 22.5 Å². The smallest absolute Gasteiger partial charge is 0.201 e. The Labute approximate surface area is 110 Å². The van der Waals surface area contributed by atoms with Gasteiger partial charge in [0, 0.05) is 11.8 Å². The second-order valence-corrected chi connectivity index (χ2v) is 5.68. The number of hydrogen-bond donors (Lipinski definition) is 1. The lowest BCUT2D eigenvalue weighted by molar-refractivity contribution is 0.637. The molecule has 0 bridgehead atoms. The van der Waals surface area contributed by atoms with Gasteiger partial charge in [-0.3, -0.25) is 0 Å². The summed E-state index contributed by atoms with van der Waals surface area (Å²) in [5.74, 6) is 2.67. The molecular weight excluding hydrogens is 254 g/mol. The molecular formula is C12H16ClN3S. The van der Waals surface area contributed by atoms with Gasteiger partial charge < -0.3 is 10.3 Å². The number of halogens is 1. The first-order valence-corrected chi connectivity index (χ1v) is 7.18. The molecule has 2 rings (SSSR count). The van der Waals surface area contributed by atoms with Gasteiger partial charge in [-0.05, 0) is 24.8 Å². The van der Waals surface area contributed by atoms with E-state index in [1.54, 1.807) is 0 Å². The second kappa shape index (κ2) is 5.19. The number of fused-ring (bicyclic) bond motifs is 1. The zero-order valence-electron chi connectivity index (χ0n) is 9.98. The van der Waals surface area contributed by atoms with Crippen molar-refractivity contribution >= 4 is 40.3 Å². The van der Waals surface area contributed by atoms with Crippen LogP contribution in [0.3, 0.4) is 0 Å². The molecule has 5 heteroatoms. The van der Waals surface area contributed by atoms with Gasteiger partial charge in [0.25, 0.3) is 0 Å². The number of rotatable bonds is 4. The van der Waals surface area contributed by atoms with Crippen LogP contribution >= 0.6 is 23.4 Å². The largest absolute Gasteiger partial charge is 0.369 e. The van der Waals surface area contributed by atoms with Crippen molar-refractivity contribution in [3.8, 4) is 0 Å². The number of aromatic nitrogens is 2. The van der Waals surface area contributed by atoms with Crippen molar-refractivity contribution in [1.29, 1.82) is 0 Å². The lowest BCUT2D eigenvalue weighted by Gasteiger charge is -2.15. The van der Waals surface area contributed by atoms with Crippen LogP contribution < -0.4 is 5.73 Å². The molecule has 1 atom stereocenters. The molecule has 3 nitrogen and oxygen atoms in total. The third-order valence-electron chi connectivity index (χ3n) is 2.70. The van der Waals surface area contributed by atoms with Crippen molar-refractivity contribution in [2.75, 3.05) is 17.2 Å². The second-order valence-electron chi connectivity index (χ2n) is 3.96. The average Bonchev–Trinajstić information content (AvgIpc) is 2.64. The lowest BCUT2D eigenvalue weighted by atomic mass is 10.3. The van der Waals surface area contributed by atoms with Crippen molar-refractivity contribution in [3.05, 3.63) is 23.2 Å². The van der Waals surface area contributed by atoms with Gasteiger partial charge in [-0.2, -0.15) is 11.8 Å². The minimum atomic E-state index is 0.323. The first-order chi connectivity index (χ1) is 8.15. The zero-order chi connectivity index (χ0) is 12.4. The summed E-state index contributed by atoms with van der Waals surface area (Å²) >= 11 is 8.01. The summed E-state index contributed by atoms with van der Waals surface area (Å²) in [6.07, 6.45) is 0. The predicted octanol–water partition coefficient (Wildman–Crippen LogP) is 3.59. The third kappa shape index (κ3) is 2.38. The molecule has 1 aromatic heterocycles. The fourth-order valence-electron chi connectivity index (χ4n) is 1.93. The van der Waals surface area contributed by atoms with Crippen LogP contribution in [0.5, 0.6) is 0 Å². The van der Waals surface area contributed by atoms with Crippen LogP contribution in [0, 0.1) is 0 Å². The summed E-state index contributed by atoms with van der Waals surface area (Å²) in [6, 6.07) is 6.11. The molecule has 0 aliphatic rings. The summed E-state index contributed by atoms with van der Waals surface area (Å²) < 4.78 is 2.06. The van der Waals surface area contributed by atoms with E-state index in [4.69, 9.17) is 17.3 Å². The van der Waals surface area contributed by atoms with Gasteiger partial charge >= 0.3 is 0 Å². The van der Waals surface area contributed by atoms with E-state index >= 15 is 0 Å². The monoisotopic (exact) mass is 269 g/mol. The Kier molecular flexibility index (Phi) is 3.84. The maximum atomic E-state index is 6.11. The van der Waals surface area contributed by atoms with Crippen LogP contribution in [0.25, 0.3) is 11.0 Å². The molecule has 0 spiro atoms. The fourth-order valence-corrected chi connectivity index (χ4v) is 2.86. The van der Waals surface area contributed by atoms with Crippen molar-refractivity contribution < 1.29 is 0 Å². The van der Waals surface area contributed by atoms with E-state index in [1.807, 2.05) is 30.0 Å². The highest BCUT2D eigenvalue weighted by Gasteiger charge is 2.15. The van der Waals surface area contributed by atoms with Gasteiger partial charge in [-0.1, -0.05) is 24.6 Å². The Bertz CT molecular complexity index is 524. The van der Waals surface area contributed by atoms with Crippen molar-refractivity contribution in [1.82, 2.24) is 9.55 Å². The molecule has 0 radical (unpaired) electrons. The highest BCUT2D eigenvalue weighted by atomic mass is 35.5. The number of nitrogens with zero attached hydrogens (tertiary/aromatic N) is 2. The number of nitrogen functional groups attached to an aromatic ring is 1. The maximum Gasteiger partial charge on any atom is 0.201 e. The highest BCUT2D eigenvalue weighted by Crippen LogP contribution is 2.28.